The molecule has 14 nitrogen and oxygen atoms in total. The van der Waals surface area contributed by atoms with Gasteiger partial charge in [0.1, 0.15) is 11.6 Å². The molecule has 6 rings (SSSR count). The summed E-state index contributed by atoms with van der Waals surface area (Å²) >= 11 is 11.7. The van der Waals surface area contributed by atoms with Gasteiger partial charge in [-0.05, 0) is 48.2 Å². The molecule has 0 bridgehead atoms. The van der Waals surface area contributed by atoms with Crippen LogP contribution in [0.4, 0.5) is 8.78 Å². The Morgan fingerprint density at radius 2 is 0.982 bits per heavy atom. The van der Waals surface area contributed by atoms with Gasteiger partial charge in [0.15, 0.2) is 23.0 Å². The summed E-state index contributed by atoms with van der Waals surface area (Å²) in [5.74, 6) is -5.95. The summed E-state index contributed by atoms with van der Waals surface area (Å²) in [6.45, 7) is -0.716. The zero-order valence-corrected chi connectivity index (χ0v) is 32.3. The van der Waals surface area contributed by atoms with Gasteiger partial charge in [0, 0.05) is 62.5 Å². The lowest BCUT2D eigenvalue weighted by Gasteiger charge is -2.16. The molecule has 2 amide bonds. The van der Waals surface area contributed by atoms with Gasteiger partial charge in [-0.15, -0.1) is 0 Å². The fourth-order valence-corrected chi connectivity index (χ4v) is 9.65. The summed E-state index contributed by atoms with van der Waals surface area (Å²) in [6.07, 6.45) is 1.57. The SMILES string of the molecule is O=C1c2c(O)c(O)cc(S(=O)(=O)NCCCCCCNS(=O)(=O)c3cc(O)c(O)c4c3CN(Cc3ccc(F)c(Cl)c3)C4=O)c2CN1Cc1ccc(F)c(Cl)c1. The van der Waals surface area contributed by atoms with Gasteiger partial charge >= 0.3 is 0 Å². The molecule has 4 aromatic carbocycles. The van der Waals surface area contributed by atoms with Gasteiger partial charge in [-0.2, -0.15) is 0 Å². The summed E-state index contributed by atoms with van der Waals surface area (Å²) in [4.78, 5) is 28.0. The number of fused-ring (bicyclic) bond motifs is 2. The third-order valence-corrected chi connectivity index (χ3v) is 13.0. The Morgan fingerprint density at radius 3 is 1.34 bits per heavy atom. The van der Waals surface area contributed by atoms with E-state index in [1.807, 2.05) is 0 Å². The Kier molecular flexibility index (Phi) is 11.7. The average Bonchev–Trinajstić information content (AvgIpc) is 3.63. The number of benzene rings is 4. The zero-order chi connectivity index (χ0) is 40.7. The maximum absolute atomic E-state index is 13.6. The molecule has 0 unspecified atom stereocenters. The van der Waals surface area contributed by atoms with Crippen molar-refractivity contribution in [3.8, 4) is 23.0 Å². The Hall–Kier alpha value is -4.72. The summed E-state index contributed by atoms with van der Waals surface area (Å²) in [5, 5.41) is 41.2. The summed E-state index contributed by atoms with van der Waals surface area (Å²) in [5.41, 5.74) is 0.116. The first-order valence-electron chi connectivity index (χ1n) is 17.0. The fourth-order valence-electron chi connectivity index (χ4n) is 6.59. The number of aromatic hydroxyl groups is 4. The molecule has 4 aromatic rings. The van der Waals surface area contributed by atoms with Crippen molar-refractivity contribution in [1.29, 1.82) is 0 Å². The Balaban J connectivity index is 1.02. The van der Waals surface area contributed by atoms with Crippen molar-refractivity contribution in [3.63, 3.8) is 0 Å². The maximum atomic E-state index is 13.6. The summed E-state index contributed by atoms with van der Waals surface area (Å²) < 4.78 is 85.4. The average molecular weight is 856 g/mol. The molecule has 0 aromatic heterocycles. The monoisotopic (exact) mass is 854 g/mol. The van der Waals surface area contributed by atoms with Gasteiger partial charge < -0.3 is 30.2 Å². The quantitative estimate of drug-likeness (QED) is 0.0678. The number of hydrogen-bond donors (Lipinski definition) is 6. The van der Waals surface area contributed by atoms with E-state index in [0.29, 0.717) is 36.8 Å². The zero-order valence-electron chi connectivity index (χ0n) is 29.2. The van der Waals surface area contributed by atoms with E-state index in [1.165, 1.54) is 34.1 Å². The topological polar surface area (TPSA) is 214 Å². The van der Waals surface area contributed by atoms with Crippen molar-refractivity contribution >= 4 is 55.1 Å². The number of nitrogens with one attached hydrogen (secondary N) is 2. The number of carbonyl (C=O) groups excluding carboxylic acids is 2. The highest BCUT2D eigenvalue weighted by Crippen LogP contribution is 2.43. The van der Waals surface area contributed by atoms with Crippen molar-refractivity contribution in [3.05, 3.63) is 104 Å². The number of nitrogens with zero attached hydrogens (tertiary/aromatic N) is 2. The van der Waals surface area contributed by atoms with E-state index in [2.05, 4.69) is 9.44 Å². The predicted molar refractivity (Wildman–Crippen MR) is 198 cm³/mol. The van der Waals surface area contributed by atoms with Gasteiger partial charge in [-0.3, -0.25) is 9.59 Å². The highest BCUT2D eigenvalue weighted by Gasteiger charge is 2.39. The van der Waals surface area contributed by atoms with Crippen molar-refractivity contribution in [2.75, 3.05) is 13.1 Å². The largest absolute Gasteiger partial charge is 0.504 e. The standard InChI is InChI=1S/C36H34Cl2F2N4O10S2/c37-23-11-19(5-7-25(23)39)15-43-17-21-29(13-27(45)33(47)31(21)35(43)49)55(51,52)41-9-3-1-2-4-10-42-56(53,54)30-14-28(46)34(48)32-22(30)18-44(36(32)50)16-20-6-8-26(40)24(38)12-20/h5-8,11-14,41-42,45-48H,1-4,9-10,15-18H2. The molecule has 0 saturated carbocycles. The molecule has 2 aliphatic rings. The Morgan fingerprint density at radius 1 is 0.607 bits per heavy atom. The van der Waals surface area contributed by atoms with Crippen LogP contribution in [0.15, 0.2) is 58.3 Å². The molecule has 298 valence electrons. The van der Waals surface area contributed by atoms with Gasteiger partial charge in [-0.25, -0.2) is 35.1 Å². The van der Waals surface area contributed by atoms with Crippen molar-refractivity contribution in [2.45, 2.75) is 61.7 Å². The van der Waals surface area contributed by atoms with Crippen LogP contribution < -0.4 is 9.44 Å². The van der Waals surface area contributed by atoms with E-state index in [4.69, 9.17) is 23.2 Å². The number of halogens is 4. The number of amides is 2. The second kappa shape index (κ2) is 16.0. The van der Waals surface area contributed by atoms with E-state index in [0.717, 1.165) is 24.3 Å². The van der Waals surface area contributed by atoms with E-state index >= 15 is 0 Å². The van der Waals surface area contributed by atoms with Gasteiger partial charge in [-0.1, -0.05) is 48.2 Å². The number of unbranched alkanes of at least 4 members (excludes halogenated alkanes) is 3. The van der Waals surface area contributed by atoms with Crippen LogP contribution in [0.25, 0.3) is 0 Å². The minimum absolute atomic E-state index is 0.0271. The van der Waals surface area contributed by atoms with Crippen LogP contribution in [0.1, 0.15) is 68.7 Å². The van der Waals surface area contributed by atoms with Gasteiger partial charge in [0.2, 0.25) is 20.0 Å². The van der Waals surface area contributed by atoms with E-state index in [-0.39, 0.29) is 71.6 Å². The molecule has 2 aliphatic heterocycles. The molecular formula is C36H34Cl2F2N4O10S2. The lowest BCUT2D eigenvalue weighted by atomic mass is 10.1. The van der Waals surface area contributed by atoms with Crippen LogP contribution in [-0.4, -0.2) is 72.0 Å². The maximum Gasteiger partial charge on any atom is 0.258 e. The smallest absolute Gasteiger partial charge is 0.258 e. The normalized spacial score (nSPS) is 14.1. The molecule has 0 spiro atoms. The molecular weight excluding hydrogens is 821 g/mol. The minimum Gasteiger partial charge on any atom is -0.504 e. The lowest BCUT2D eigenvalue weighted by Crippen LogP contribution is -2.27. The van der Waals surface area contributed by atoms with Crippen molar-refractivity contribution in [1.82, 2.24) is 19.2 Å². The number of sulfonamides is 2. The first kappa shape index (κ1) is 40.9. The van der Waals surface area contributed by atoms with Gasteiger partial charge in [0.05, 0.1) is 31.0 Å². The lowest BCUT2D eigenvalue weighted by molar-refractivity contribution is 0.0756. The summed E-state index contributed by atoms with van der Waals surface area (Å²) in [6, 6.07) is 9.40. The number of phenols is 4. The summed E-state index contributed by atoms with van der Waals surface area (Å²) in [7, 11) is -8.59. The molecule has 0 atom stereocenters. The third kappa shape index (κ3) is 8.21. The number of hydrogen-bond acceptors (Lipinski definition) is 10. The minimum atomic E-state index is -4.29. The van der Waals surface area contributed by atoms with E-state index in [1.54, 1.807) is 0 Å². The first-order valence-corrected chi connectivity index (χ1v) is 20.7. The molecule has 56 heavy (non-hydrogen) atoms. The second-order valence-corrected chi connectivity index (χ2v) is 17.5. The molecule has 0 aliphatic carbocycles. The fraction of sp³-hybridized carbons (Fsp3) is 0.278. The van der Waals surface area contributed by atoms with E-state index < -0.39 is 76.3 Å². The second-order valence-electron chi connectivity index (χ2n) is 13.2. The molecule has 6 N–H and O–H groups in total. The number of rotatable bonds is 15. The Labute approximate surface area is 330 Å². The number of carbonyl (C=O) groups is 2. The molecule has 20 heteroatoms. The molecule has 2 heterocycles. The van der Waals surface area contributed by atoms with Crippen molar-refractivity contribution in [2.24, 2.45) is 0 Å². The van der Waals surface area contributed by atoms with Crippen LogP contribution in [-0.2, 0) is 46.2 Å². The van der Waals surface area contributed by atoms with Crippen LogP contribution in [0.5, 0.6) is 23.0 Å². The highest BCUT2D eigenvalue weighted by molar-refractivity contribution is 7.89. The van der Waals surface area contributed by atoms with Crippen molar-refractivity contribution < 1.29 is 55.6 Å². The molecule has 0 fully saturated rings. The van der Waals surface area contributed by atoms with Crippen LogP contribution in [0.3, 0.4) is 0 Å². The highest BCUT2D eigenvalue weighted by atomic mass is 35.5. The molecule has 0 saturated heterocycles. The van der Waals surface area contributed by atoms with Gasteiger partial charge in [0.25, 0.3) is 11.8 Å². The third-order valence-electron chi connectivity index (χ3n) is 9.37. The van der Waals surface area contributed by atoms with Crippen LogP contribution in [0.2, 0.25) is 10.0 Å². The Bertz CT molecular complexity index is 2320. The predicted octanol–water partition coefficient (Wildman–Crippen LogP) is 5.22. The van der Waals surface area contributed by atoms with E-state index in [9.17, 15) is 55.6 Å². The van der Waals surface area contributed by atoms with Crippen LogP contribution in [0, 0.1) is 11.6 Å². The van der Waals surface area contributed by atoms with Crippen LogP contribution >= 0.6 is 23.2 Å². The number of phenolic OH excluding ortho intramolecular Hbond substituents is 4. The molecule has 0 radical (unpaired) electrons. The first-order chi connectivity index (χ1) is 26.4.